The van der Waals surface area contributed by atoms with Gasteiger partial charge >= 0.3 is 0 Å². The van der Waals surface area contributed by atoms with Gasteiger partial charge in [-0.05, 0) is 31.5 Å². The van der Waals surface area contributed by atoms with Crippen LogP contribution in [0.2, 0.25) is 0 Å². The summed E-state index contributed by atoms with van der Waals surface area (Å²) in [5.74, 6) is 0.283. The number of nitrogens with two attached hydrogens (primary N) is 1. The molecule has 2 heterocycles. The van der Waals surface area contributed by atoms with Gasteiger partial charge in [0, 0.05) is 35.2 Å². The van der Waals surface area contributed by atoms with E-state index >= 15 is 0 Å². The van der Waals surface area contributed by atoms with Crippen LogP contribution >= 0.6 is 0 Å². The maximum atomic E-state index is 13.0. The zero-order valence-corrected chi connectivity index (χ0v) is 14.1. The molecule has 2 aromatic carbocycles. The predicted molar refractivity (Wildman–Crippen MR) is 98.9 cm³/mol. The molecule has 1 unspecified atom stereocenters. The number of benzene rings is 2. The van der Waals surface area contributed by atoms with Crippen molar-refractivity contribution >= 4 is 17.3 Å². The van der Waals surface area contributed by atoms with Crippen LogP contribution in [0, 0.1) is 12.1 Å². The van der Waals surface area contributed by atoms with Crippen molar-refractivity contribution in [2.75, 3.05) is 5.73 Å². The van der Waals surface area contributed by atoms with Gasteiger partial charge in [0.2, 0.25) is 17.3 Å². The number of aromatic nitrogens is 2. The summed E-state index contributed by atoms with van der Waals surface area (Å²) < 4.78 is 1.05. The van der Waals surface area contributed by atoms with Gasteiger partial charge in [-0.25, -0.2) is 9.97 Å². The molecule has 25 heavy (non-hydrogen) atoms. The molecule has 0 fully saturated rings. The Kier molecular flexibility index (Phi) is 3.50. The van der Waals surface area contributed by atoms with E-state index in [2.05, 4.69) is 16.9 Å². The van der Waals surface area contributed by atoms with E-state index < -0.39 is 0 Å². The van der Waals surface area contributed by atoms with Crippen molar-refractivity contribution in [3.8, 4) is 11.1 Å². The van der Waals surface area contributed by atoms with Crippen molar-refractivity contribution in [2.45, 2.75) is 19.8 Å². The Morgan fingerprint density at radius 3 is 2.28 bits per heavy atom. The summed E-state index contributed by atoms with van der Waals surface area (Å²) >= 11 is 0. The molecule has 1 aliphatic rings. The highest BCUT2D eigenvalue weighted by Crippen LogP contribution is 2.39. The second kappa shape index (κ2) is 5.70. The Labute approximate surface area is 146 Å². The van der Waals surface area contributed by atoms with Crippen molar-refractivity contribution < 1.29 is 4.74 Å². The van der Waals surface area contributed by atoms with Crippen LogP contribution in [0.1, 0.15) is 29.5 Å². The number of hydrogen-bond acceptors (Lipinski definition) is 4. The molecule has 0 amide bonds. The molecule has 0 saturated carbocycles. The molecule has 0 bridgehead atoms. The maximum Gasteiger partial charge on any atom is 0.221 e. The predicted octanol–water partition coefficient (Wildman–Crippen LogP) is 3.78. The molecule has 1 aliphatic heterocycles. The highest BCUT2D eigenvalue weighted by Gasteiger charge is 2.35. The molecule has 0 spiro atoms. The molecule has 2 N–H and O–H groups in total. The fraction of sp³-hybridized carbons (Fsp3) is 0.150. The largest absolute Gasteiger partial charge is 0.618 e. The van der Waals surface area contributed by atoms with Crippen LogP contribution in [0.15, 0.2) is 54.9 Å². The summed E-state index contributed by atoms with van der Waals surface area (Å²) in [5, 5.41) is 13.0. The number of nitrogens with zero attached hydrogens (tertiary/aromatic N) is 3. The first-order chi connectivity index (χ1) is 12.0. The molecular formula is C20H18N4O. The Hall–Kier alpha value is -3.21. The minimum Gasteiger partial charge on any atom is -0.618 e. The van der Waals surface area contributed by atoms with Crippen LogP contribution in [0.3, 0.4) is 0 Å². The monoisotopic (exact) mass is 330 g/mol. The lowest BCUT2D eigenvalue weighted by Crippen LogP contribution is -2.12. The highest BCUT2D eigenvalue weighted by atomic mass is 16.5. The van der Waals surface area contributed by atoms with Crippen molar-refractivity contribution in [3.63, 3.8) is 0 Å². The SMILES string of the molecule is Cc1ccc(C2=[N+]([O-])c3cc(-c4cnc(N)nc4)ccc3C2C)cc1. The molecule has 5 nitrogen and oxygen atoms in total. The third-order valence-electron chi connectivity index (χ3n) is 4.70. The first-order valence-corrected chi connectivity index (χ1v) is 8.17. The Morgan fingerprint density at radius 1 is 0.960 bits per heavy atom. The second-order valence-electron chi connectivity index (χ2n) is 6.37. The summed E-state index contributed by atoms with van der Waals surface area (Å²) in [6.07, 6.45) is 3.34. The molecule has 5 heteroatoms. The summed E-state index contributed by atoms with van der Waals surface area (Å²) in [6.45, 7) is 4.11. The standard InChI is InChI=1S/C20H18N4O/c1-12-3-5-14(6-4-12)19-13(2)17-8-7-15(9-18(17)24(19)25)16-10-22-20(21)23-11-16/h3-11,13H,1-2H3,(H2,21,22,23). The van der Waals surface area contributed by atoms with E-state index in [-0.39, 0.29) is 11.9 Å². The zero-order valence-electron chi connectivity index (χ0n) is 14.1. The molecule has 3 aromatic rings. The minimum atomic E-state index is 0.0481. The highest BCUT2D eigenvalue weighted by molar-refractivity contribution is 6.04. The van der Waals surface area contributed by atoms with E-state index in [1.54, 1.807) is 12.4 Å². The van der Waals surface area contributed by atoms with Gasteiger partial charge < -0.3 is 10.9 Å². The van der Waals surface area contributed by atoms with E-state index in [9.17, 15) is 5.21 Å². The van der Waals surface area contributed by atoms with E-state index in [1.807, 2.05) is 49.4 Å². The summed E-state index contributed by atoms with van der Waals surface area (Å²) in [5.41, 5.74) is 11.9. The molecule has 0 radical (unpaired) electrons. The van der Waals surface area contributed by atoms with Gasteiger partial charge in [-0.15, -0.1) is 0 Å². The van der Waals surface area contributed by atoms with Gasteiger partial charge in [-0.1, -0.05) is 29.8 Å². The van der Waals surface area contributed by atoms with Gasteiger partial charge in [0.25, 0.3) is 0 Å². The average molecular weight is 330 g/mol. The minimum absolute atomic E-state index is 0.0481. The topological polar surface area (TPSA) is 77.9 Å². The lowest BCUT2D eigenvalue weighted by atomic mass is 9.92. The fourth-order valence-electron chi connectivity index (χ4n) is 3.30. The quantitative estimate of drug-likeness (QED) is 0.573. The smallest absolute Gasteiger partial charge is 0.221 e. The summed E-state index contributed by atoms with van der Waals surface area (Å²) in [7, 11) is 0. The van der Waals surface area contributed by atoms with E-state index in [4.69, 9.17) is 5.73 Å². The van der Waals surface area contributed by atoms with Crippen LogP contribution in [0.25, 0.3) is 11.1 Å². The normalized spacial score (nSPS) is 16.2. The molecule has 1 atom stereocenters. The van der Waals surface area contributed by atoms with Gasteiger partial charge in [0.15, 0.2) is 0 Å². The van der Waals surface area contributed by atoms with Crippen LogP contribution in [-0.2, 0) is 0 Å². The average Bonchev–Trinajstić information content (AvgIpc) is 2.87. The number of fused-ring (bicyclic) bond motifs is 1. The van der Waals surface area contributed by atoms with Gasteiger partial charge in [-0.2, -0.15) is 4.74 Å². The lowest BCUT2D eigenvalue weighted by molar-refractivity contribution is -0.356. The van der Waals surface area contributed by atoms with Gasteiger partial charge in [0.1, 0.15) is 0 Å². The van der Waals surface area contributed by atoms with Crippen molar-refractivity contribution in [1.82, 2.24) is 9.97 Å². The number of aryl methyl sites for hydroxylation is 1. The number of nitrogen functional groups attached to an aromatic ring is 1. The molecule has 0 saturated heterocycles. The van der Waals surface area contributed by atoms with Gasteiger partial charge in [0.05, 0.1) is 5.92 Å². The van der Waals surface area contributed by atoms with Gasteiger partial charge in [-0.3, -0.25) is 0 Å². The second-order valence-corrected chi connectivity index (χ2v) is 6.37. The number of rotatable bonds is 2. The maximum absolute atomic E-state index is 13.0. The third-order valence-corrected chi connectivity index (χ3v) is 4.70. The van der Waals surface area contributed by atoms with E-state index in [0.29, 0.717) is 5.69 Å². The Bertz CT molecular complexity index is 976. The van der Waals surface area contributed by atoms with E-state index in [0.717, 1.165) is 32.7 Å². The summed E-state index contributed by atoms with van der Waals surface area (Å²) in [4.78, 5) is 8.05. The van der Waals surface area contributed by atoms with Crippen LogP contribution in [-0.4, -0.2) is 20.4 Å². The summed E-state index contributed by atoms with van der Waals surface area (Å²) in [6, 6.07) is 14.0. The van der Waals surface area contributed by atoms with Crippen LogP contribution < -0.4 is 5.73 Å². The first-order valence-electron chi connectivity index (χ1n) is 8.17. The lowest BCUT2D eigenvalue weighted by Gasteiger charge is -2.06. The molecular weight excluding hydrogens is 312 g/mol. The van der Waals surface area contributed by atoms with E-state index in [1.165, 1.54) is 5.56 Å². The molecule has 1 aromatic heterocycles. The fourth-order valence-corrected chi connectivity index (χ4v) is 3.30. The Morgan fingerprint density at radius 2 is 1.60 bits per heavy atom. The molecule has 4 rings (SSSR count). The van der Waals surface area contributed by atoms with Crippen molar-refractivity contribution in [1.29, 1.82) is 0 Å². The zero-order chi connectivity index (χ0) is 17.6. The van der Waals surface area contributed by atoms with Crippen molar-refractivity contribution in [2.24, 2.45) is 0 Å². The van der Waals surface area contributed by atoms with Crippen molar-refractivity contribution in [3.05, 3.63) is 76.8 Å². The Balaban J connectivity index is 1.81. The molecule has 0 aliphatic carbocycles. The first kappa shape index (κ1) is 15.3. The van der Waals surface area contributed by atoms with Crippen LogP contribution in [0.5, 0.6) is 0 Å². The third kappa shape index (κ3) is 2.54. The number of anilines is 1. The molecule has 124 valence electrons. The van der Waals surface area contributed by atoms with Crippen LogP contribution in [0.4, 0.5) is 11.6 Å². The number of hydrogen-bond donors (Lipinski definition) is 1.